The van der Waals surface area contributed by atoms with Gasteiger partial charge in [0.25, 0.3) is 0 Å². The quantitative estimate of drug-likeness (QED) is 0.431. The number of phenolic OH excluding ortho intramolecular Hbond substituents is 1. The summed E-state index contributed by atoms with van der Waals surface area (Å²) in [5.41, 5.74) is 0.587. The Kier molecular flexibility index (Phi) is 6.30. The molecule has 3 rings (SSSR count). The van der Waals surface area contributed by atoms with Crippen LogP contribution in [0.1, 0.15) is 10.4 Å². The zero-order valence-electron chi connectivity index (χ0n) is 15.2. The first-order chi connectivity index (χ1) is 14.0. The Balaban J connectivity index is 1.76. The highest BCUT2D eigenvalue weighted by molar-refractivity contribution is 7.99. The number of carboxylic acids is 1. The highest BCUT2D eigenvalue weighted by atomic mass is 32.2. The highest BCUT2D eigenvalue weighted by Gasteiger charge is 2.17. The molecule has 1 heterocycles. The van der Waals surface area contributed by atoms with E-state index in [0.717, 1.165) is 11.8 Å². The molecule has 0 saturated carbocycles. The van der Waals surface area contributed by atoms with Crippen LogP contribution >= 0.6 is 11.8 Å². The maximum absolute atomic E-state index is 12.3. The standard InChI is InChI=1S/C20H18N4O4S/c1-2-11-24-18(14-8-4-6-10-16(14)25)22-23-20(24)29-12-17(26)21-15-9-5-3-7-13(15)19(27)28/h2-10,25H,1,11-12H2,(H,21,26)(H,27,28)/p-1. The summed E-state index contributed by atoms with van der Waals surface area (Å²) in [5.74, 6) is -1.27. The number of thioether (sulfide) groups is 1. The second-order valence-electron chi connectivity index (χ2n) is 5.89. The Morgan fingerprint density at radius 3 is 2.62 bits per heavy atom. The van der Waals surface area contributed by atoms with Crippen molar-refractivity contribution in [3.8, 4) is 17.1 Å². The first-order valence-electron chi connectivity index (χ1n) is 8.56. The predicted molar refractivity (Wildman–Crippen MR) is 107 cm³/mol. The molecular weight excluding hydrogens is 392 g/mol. The molecule has 8 nitrogen and oxygen atoms in total. The number of nitrogens with one attached hydrogen (secondary N) is 1. The average molecular weight is 409 g/mol. The molecule has 0 unspecified atom stereocenters. The minimum Gasteiger partial charge on any atom is -0.545 e. The van der Waals surface area contributed by atoms with Crippen LogP contribution < -0.4 is 10.4 Å². The Morgan fingerprint density at radius 1 is 1.17 bits per heavy atom. The number of aromatic carboxylic acids is 1. The first-order valence-corrected chi connectivity index (χ1v) is 9.55. The number of carboxylic acid groups (broad SMARTS) is 1. The number of nitrogens with zero attached hydrogens (tertiary/aromatic N) is 3. The van der Waals surface area contributed by atoms with Gasteiger partial charge in [-0.1, -0.05) is 48.2 Å². The molecule has 0 aliphatic carbocycles. The summed E-state index contributed by atoms with van der Waals surface area (Å²) in [5, 5.41) is 32.5. The fourth-order valence-electron chi connectivity index (χ4n) is 2.64. The van der Waals surface area contributed by atoms with Gasteiger partial charge in [-0.15, -0.1) is 16.8 Å². The van der Waals surface area contributed by atoms with Gasteiger partial charge in [0.05, 0.1) is 17.3 Å². The second kappa shape index (κ2) is 9.07. The van der Waals surface area contributed by atoms with Gasteiger partial charge in [0, 0.05) is 17.8 Å². The zero-order chi connectivity index (χ0) is 20.8. The van der Waals surface area contributed by atoms with Gasteiger partial charge in [0.1, 0.15) is 5.75 Å². The van der Waals surface area contributed by atoms with E-state index >= 15 is 0 Å². The largest absolute Gasteiger partial charge is 0.545 e. The summed E-state index contributed by atoms with van der Waals surface area (Å²) < 4.78 is 1.73. The molecule has 0 aliphatic heterocycles. The monoisotopic (exact) mass is 409 g/mol. The van der Waals surface area contributed by atoms with Crippen LogP contribution in [0.4, 0.5) is 5.69 Å². The number of anilines is 1. The normalized spacial score (nSPS) is 10.5. The van der Waals surface area contributed by atoms with Crippen LogP contribution in [0.25, 0.3) is 11.4 Å². The van der Waals surface area contributed by atoms with Gasteiger partial charge >= 0.3 is 0 Å². The predicted octanol–water partition coefficient (Wildman–Crippen LogP) is 1.93. The van der Waals surface area contributed by atoms with E-state index in [1.165, 1.54) is 12.1 Å². The molecule has 0 radical (unpaired) electrons. The Morgan fingerprint density at radius 2 is 1.90 bits per heavy atom. The fraction of sp³-hybridized carbons (Fsp3) is 0.100. The van der Waals surface area contributed by atoms with Gasteiger partial charge in [-0.25, -0.2) is 0 Å². The summed E-state index contributed by atoms with van der Waals surface area (Å²) >= 11 is 1.13. The van der Waals surface area contributed by atoms with Gasteiger partial charge in [0.15, 0.2) is 11.0 Å². The number of para-hydroxylation sites is 2. The van der Waals surface area contributed by atoms with E-state index < -0.39 is 11.9 Å². The fourth-order valence-corrected chi connectivity index (χ4v) is 3.39. The number of carbonyl (C=O) groups is 2. The van der Waals surface area contributed by atoms with Crippen molar-refractivity contribution >= 4 is 29.3 Å². The third kappa shape index (κ3) is 4.64. The Bertz CT molecular complexity index is 1060. The van der Waals surface area contributed by atoms with Crippen LogP contribution in [0.3, 0.4) is 0 Å². The van der Waals surface area contributed by atoms with Crippen molar-refractivity contribution in [1.82, 2.24) is 14.8 Å². The zero-order valence-corrected chi connectivity index (χ0v) is 16.1. The SMILES string of the molecule is C=CCn1c(SCC(=O)Nc2ccccc2C(=O)[O-])nnc1-c1ccccc1O. The number of hydrogen-bond acceptors (Lipinski definition) is 7. The maximum atomic E-state index is 12.3. The van der Waals surface area contributed by atoms with E-state index in [0.29, 0.717) is 23.1 Å². The van der Waals surface area contributed by atoms with E-state index in [-0.39, 0.29) is 22.8 Å². The van der Waals surface area contributed by atoms with Crippen LogP contribution in [0, 0.1) is 0 Å². The van der Waals surface area contributed by atoms with Crippen LogP contribution in [-0.2, 0) is 11.3 Å². The minimum absolute atomic E-state index is 0.0164. The molecule has 0 bridgehead atoms. The van der Waals surface area contributed by atoms with Crippen molar-refractivity contribution in [3.05, 3.63) is 66.7 Å². The molecular formula is C20H17N4O4S-. The van der Waals surface area contributed by atoms with Gasteiger partial charge in [-0.3, -0.25) is 9.36 Å². The first kappa shape index (κ1) is 20.2. The lowest BCUT2D eigenvalue weighted by atomic mass is 10.2. The second-order valence-corrected chi connectivity index (χ2v) is 6.84. The smallest absolute Gasteiger partial charge is 0.234 e. The molecule has 0 atom stereocenters. The molecule has 0 fully saturated rings. The molecule has 0 spiro atoms. The number of aromatic hydroxyl groups is 1. The van der Waals surface area contributed by atoms with Crippen LogP contribution in [-0.4, -0.2) is 37.5 Å². The van der Waals surface area contributed by atoms with Crippen molar-refractivity contribution in [3.63, 3.8) is 0 Å². The number of benzene rings is 2. The highest BCUT2D eigenvalue weighted by Crippen LogP contribution is 2.30. The summed E-state index contributed by atoms with van der Waals surface area (Å²) in [4.78, 5) is 23.4. The molecule has 148 valence electrons. The van der Waals surface area contributed by atoms with Gasteiger partial charge < -0.3 is 20.3 Å². The summed E-state index contributed by atoms with van der Waals surface area (Å²) in [6, 6.07) is 12.8. The molecule has 2 N–H and O–H groups in total. The number of phenols is 1. The Hall–Kier alpha value is -3.59. The number of aromatic nitrogens is 3. The van der Waals surface area contributed by atoms with E-state index in [1.54, 1.807) is 47.0 Å². The summed E-state index contributed by atoms with van der Waals surface area (Å²) in [7, 11) is 0. The number of allylic oxidation sites excluding steroid dienone is 1. The molecule has 3 aromatic rings. The Labute approximate surface area is 170 Å². The molecule has 29 heavy (non-hydrogen) atoms. The van der Waals surface area contributed by atoms with Crippen LogP contribution in [0.2, 0.25) is 0 Å². The number of hydrogen-bond donors (Lipinski definition) is 2. The van der Waals surface area contributed by atoms with Crippen LogP contribution in [0.5, 0.6) is 5.75 Å². The minimum atomic E-state index is -1.37. The molecule has 1 amide bonds. The van der Waals surface area contributed by atoms with Crippen molar-refractivity contribution < 1.29 is 19.8 Å². The maximum Gasteiger partial charge on any atom is 0.234 e. The number of amides is 1. The number of rotatable bonds is 8. The van der Waals surface area contributed by atoms with E-state index in [2.05, 4.69) is 22.1 Å². The molecule has 2 aromatic carbocycles. The van der Waals surface area contributed by atoms with E-state index in [4.69, 9.17) is 0 Å². The molecule has 0 saturated heterocycles. The third-order valence-electron chi connectivity index (χ3n) is 3.93. The molecule has 9 heteroatoms. The summed E-state index contributed by atoms with van der Waals surface area (Å²) in [6.45, 7) is 4.11. The lowest BCUT2D eigenvalue weighted by molar-refractivity contribution is -0.254. The lowest BCUT2D eigenvalue weighted by Crippen LogP contribution is -2.25. The van der Waals surface area contributed by atoms with Gasteiger partial charge in [-0.05, 0) is 18.2 Å². The van der Waals surface area contributed by atoms with Crippen molar-refractivity contribution in [2.45, 2.75) is 11.7 Å². The van der Waals surface area contributed by atoms with Gasteiger partial charge in [0.2, 0.25) is 5.91 Å². The van der Waals surface area contributed by atoms with E-state index in [1.807, 2.05) is 0 Å². The third-order valence-corrected chi connectivity index (χ3v) is 4.89. The summed E-state index contributed by atoms with van der Waals surface area (Å²) in [6.07, 6.45) is 1.66. The molecule has 0 aliphatic rings. The average Bonchev–Trinajstić information content (AvgIpc) is 3.10. The van der Waals surface area contributed by atoms with E-state index in [9.17, 15) is 19.8 Å². The van der Waals surface area contributed by atoms with Crippen LogP contribution in [0.15, 0.2) is 66.3 Å². The van der Waals surface area contributed by atoms with Gasteiger partial charge in [-0.2, -0.15) is 0 Å². The topological polar surface area (TPSA) is 120 Å². The van der Waals surface area contributed by atoms with Crippen molar-refractivity contribution in [1.29, 1.82) is 0 Å². The van der Waals surface area contributed by atoms with Crippen molar-refractivity contribution in [2.75, 3.05) is 11.1 Å². The number of carbonyl (C=O) groups excluding carboxylic acids is 2. The molecule has 1 aromatic heterocycles. The van der Waals surface area contributed by atoms with Crippen molar-refractivity contribution in [2.24, 2.45) is 0 Å². The lowest BCUT2D eigenvalue weighted by Gasteiger charge is -2.12.